The van der Waals surface area contributed by atoms with Crippen molar-refractivity contribution in [2.75, 3.05) is 5.32 Å². The average molecular weight is 417 g/mol. The first-order chi connectivity index (χ1) is 7.01. The van der Waals surface area contributed by atoms with Crippen LogP contribution in [-0.2, 0) is 4.79 Å². The van der Waals surface area contributed by atoms with E-state index in [2.05, 4.69) is 43.8 Å². The summed E-state index contributed by atoms with van der Waals surface area (Å²) in [5.74, 6) is -0.0828. The van der Waals surface area contributed by atoms with Gasteiger partial charge in [-0.05, 0) is 69.6 Å². The molecule has 0 radical (unpaired) electrons. The number of amides is 1. The van der Waals surface area contributed by atoms with Gasteiger partial charge in [0.15, 0.2) is 0 Å². The first-order valence-electron chi connectivity index (χ1n) is 4.57. The van der Waals surface area contributed by atoms with Crippen LogP contribution < -0.4 is 11.1 Å². The molecule has 6 heteroatoms. The Bertz CT molecular complexity index is 423. The van der Waals surface area contributed by atoms with E-state index < -0.39 is 5.54 Å². The molecule has 1 amide bonds. The van der Waals surface area contributed by atoms with Gasteiger partial charge in [0.25, 0.3) is 0 Å². The fourth-order valence-electron chi connectivity index (χ4n) is 1.19. The van der Waals surface area contributed by atoms with Crippen LogP contribution in [0.5, 0.6) is 0 Å². The third-order valence-electron chi connectivity index (χ3n) is 2.42. The average Bonchev–Trinajstić information content (AvgIpc) is 2.92. The molecular weight excluding hydrogens is 406 g/mol. The molecule has 16 heavy (non-hydrogen) atoms. The lowest BCUT2D eigenvalue weighted by Crippen LogP contribution is -2.37. The van der Waals surface area contributed by atoms with Crippen molar-refractivity contribution in [1.82, 2.24) is 0 Å². The van der Waals surface area contributed by atoms with Crippen LogP contribution in [0.2, 0.25) is 0 Å². The molecule has 2 rings (SSSR count). The van der Waals surface area contributed by atoms with Crippen LogP contribution >= 0.6 is 50.9 Å². The van der Waals surface area contributed by atoms with Gasteiger partial charge in [-0.3, -0.25) is 4.79 Å². The molecule has 0 atom stereocenters. The summed E-state index contributed by atoms with van der Waals surface area (Å²) in [6, 6.07) is 5.68. The number of benzene rings is 1. The molecule has 0 bridgehead atoms. The number of carbonyl (C=O) groups excluding carboxylic acids is 1. The van der Waals surface area contributed by atoms with Gasteiger partial charge in [0.1, 0.15) is 0 Å². The Morgan fingerprint density at radius 2 is 2.12 bits per heavy atom. The van der Waals surface area contributed by atoms with Crippen LogP contribution in [0.15, 0.2) is 22.7 Å². The van der Waals surface area contributed by atoms with E-state index >= 15 is 0 Å². The molecule has 3 nitrogen and oxygen atoms in total. The fourth-order valence-corrected chi connectivity index (χ4v) is 1.95. The highest BCUT2D eigenvalue weighted by molar-refractivity contribution is 14.1. The second-order valence-electron chi connectivity index (χ2n) is 3.74. The zero-order chi connectivity index (χ0) is 11.1. The summed E-state index contributed by atoms with van der Waals surface area (Å²) in [5, 5.41) is 2.82. The van der Waals surface area contributed by atoms with Gasteiger partial charge < -0.3 is 11.1 Å². The van der Waals surface area contributed by atoms with Gasteiger partial charge in [0.05, 0.1) is 5.54 Å². The van der Waals surface area contributed by atoms with Crippen molar-refractivity contribution >= 4 is 62.5 Å². The highest BCUT2D eigenvalue weighted by Crippen LogP contribution is 2.33. The van der Waals surface area contributed by atoms with Crippen molar-refractivity contribution in [3.63, 3.8) is 0 Å². The van der Waals surface area contributed by atoms with E-state index in [4.69, 9.17) is 5.73 Å². The summed E-state index contributed by atoms with van der Waals surface area (Å²) in [7, 11) is 0. The Labute approximate surface area is 122 Å². The van der Waals surface area contributed by atoms with Gasteiger partial charge >= 0.3 is 0 Å². The summed E-state index contributed by atoms with van der Waals surface area (Å²) in [4.78, 5) is 11.6. The smallest absolute Gasteiger partial charge is 0.244 e. The van der Waals surface area contributed by atoms with Gasteiger partial charge in [-0.15, -0.1) is 12.4 Å². The van der Waals surface area contributed by atoms with Crippen LogP contribution in [0.25, 0.3) is 0 Å². The summed E-state index contributed by atoms with van der Waals surface area (Å²) < 4.78 is 2.09. The molecule has 1 saturated carbocycles. The Hall–Kier alpha value is 0.150. The SMILES string of the molecule is Cl.NC1(C(=O)Nc2ccc(Br)c(I)c2)CC1. The largest absolute Gasteiger partial charge is 0.324 e. The number of carbonyl (C=O) groups is 1. The fraction of sp³-hybridized carbons (Fsp3) is 0.300. The van der Waals surface area contributed by atoms with Gasteiger partial charge in [-0.1, -0.05) is 0 Å². The molecule has 0 spiro atoms. The van der Waals surface area contributed by atoms with Crippen LogP contribution in [-0.4, -0.2) is 11.4 Å². The second kappa shape index (κ2) is 5.20. The van der Waals surface area contributed by atoms with E-state index in [-0.39, 0.29) is 18.3 Å². The highest BCUT2D eigenvalue weighted by atomic mass is 127. The Morgan fingerprint density at radius 3 is 2.62 bits per heavy atom. The first-order valence-corrected chi connectivity index (χ1v) is 6.44. The second-order valence-corrected chi connectivity index (χ2v) is 5.76. The quantitative estimate of drug-likeness (QED) is 0.727. The minimum absolute atomic E-state index is 0. The third-order valence-corrected chi connectivity index (χ3v) is 4.74. The number of nitrogens with two attached hydrogens (primary N) is 1. The summed E-state index contributed by atoms with van der Waals surface area (Å²) >= 11 is 5.61. The molecule has 1 aromatic rings. The zero-order valence-electron chi connectivity index (χ0n) is 8.30. The van der Waals surface area contributed by atoms with Crippen LogP contribution in [0.4, 0.5) is 5.69 Å². The van der Waals surface area contributed by atoms with Crippen LogP contribution in [0.3, 0.4) is 0 Å². The Kier molecular flexibility index (Phi) is 4.62. The molecule has 0 saturated heterocycles. The van der Waals surface area contributed by atoms with Gasteiger partial charge in [0.2, 0.25) is 5.91 Å². The third kappa shape index (κ3) is 3.09. The molecule has 88 valence electrons. The number of rotatable bonds is 2. The number of anilines is 1. The predicted molar refractivity (Wildman–Crippen MR) is 78.9 cm³/mol. The van der Waals surface area contributed by atoms with E-state index in [1.54, 1.807) is 0 Å². The maximum Gasteiger partial charge on any atom is 0.244 e. The number of hydrogen-bond acceptors (Lipinski definition) is 2. The minimum atomic E-state index is -0.613. The van der Waals surface area contributed by atoms with Crippen molar-refractivity contribution in [2.24, 2.45) is 5.73 Å². The molecule has 3 N–H and O–H groups in total. The molecule has 0 unspecified atom stereocenters. The van der Waals surface area contributed by atoms with Gasteiger partial charge in [-0.25, -0.2) is 0 Å². The molecular formula is C10H11BrClIN2O. The topological polar surface area (TPSA) is 55.1 Å². The molecule has 1 aliphatic rings. The lowest BCUT2D eigenvalue weighted by molar-refractivity contribution is -0.118. The monoisotopic (exact) mass is 416 g/mol. The zero-order valence-corrected chi connectivity index (χ0v) is 12.9. The summed E-state index contributed by atoms with van der Waals surface area (Å²) in [5.41, 5.74) is 5.97. The first kappa shape index (κ1) is 14.2. The van der Waals surface area contributed by atoms with Crippen molar-refractivity contribution < 1.29 is 4.79 Å². The van der Waals surface area contributed by atoms with Crippen LogP contribution in [0, 0.1) is 3.57 Å². The van der Waals surface area contributed by atoms with Crippen molar-refractivity contribution in [1.29, 1.82) is 0 Å². The molecule has 0 aromatic heterocycles. The highest BCUT2D eigenvalue weighted by Gasteiger charge is 2.45. The summed E-state index contributed by atoms with van der Waals surface area (Å²) in [6.45, 7) is 0. The standard InChI is InChI=1S/C10H10BrIN2O.ClH/c11-7-2-1-6(5-8(7)12)14-9(15)10(13)3-4-10;/h1-2,5H,3-4,13H2,(H,14,15);1H. The Balaban J connectivity index is 0.00000128. The molecule has 1 aliphatic carbocycles. The molecule has 0 aliphatic heterocycles. The maximum atomic E-state index is 11.6. The van der Waals surface area contributed by atoms with Crippen LogP contribution in [0.1, 0.15) is 12.8 Å². The lowest BCUT2D eigenvalue weighted by Gasteiger charge is -2.10. The van der Waals surface area contributed by atoms with Crippen molar-refractivity contribution in [3.05, 3.63) is 26.2 Å². The van der Waals surface area contributed by atoms with Crippen molar-refractivity contribution in [3.8, 4) is 0 Å². The van der Waals surface area contributed by atoms with E-state index in [1.807, 2.05) is 18.2 Å². The number of nitrogens with one attached hydrogen (secondary N) is 1. The van der Waals surface area contributed by atoms with E-state index in [9.17, 15) is 4.79 Å². The number of halogens is 3. The van der Waals surface area contributed by atoms with E-state index in [1.165, 1.54) is 0 Å². The molecule has 1 fully saturated rings. The minimum Gasteiger partial charge on any atom is -0.324 e. The van der Waals surface area contributed by atoms with Gasteiger partial charge in [-0.2, -0.15) is 0 Å². The van der Waals surface area contributed by atoms with E-state index in [0.717, 1.165) is 26.6 Å². The molecule has 0 heterocycles. The Morgan fingerprint density at radius 1 is 1.50 bits per heavy atom. The number of hydrogen-bond donors (Lipinski definition) is 2. The van der Waals surface area contributed by atoms with Gasteiger partial charge in [0, 0.05) is 13.7 Å². The maximum absolute atomic E-state index is 11.6. The molecule has 1 aromatic carbocycles. The van der Waals surface area contributed by atoms with E-state index in [0.29, 0.717) is 0 Å². The summed E-state index contributed by atoms with van der Waals surface area (Å²) in [6.07, 6.45) is 1.57. The predicted octanol–water partition coefficient (Wildman–Crippen LogP) is 2.91. The van der Waals surface area contributed by atoms with Crippen molar-refractivity contribution in [2.45, 2.75) is 18.4 Å². The normalized spacial score (nSPS) is 16.2. The lowest BCUT2D eigenvalue weighted by atomic mass is 10.2.